The Morgan fingerprint density at radius 1 is 1.15 bits per heavy atom. The predicted molar refractivity (Wildman–Crippen MR) is 102 cm³/mol. The lowest BCUT2D eigenvalue weighted by Gasteiger charge is -2.28. The first kappa shape index (κ1) is 19.3. The smallest absolute Gasteiger partial charge is 0.307 e. The molecule has 3 rings (SSSR count). The molecule has 6 nitrogen and oxygen atoms in total. The summed E-state index contributed by atoms with van der Waals surface area (Å²) in [5, 5.41) is 0.899. The summed E-state index contributed by atoms with van der Waals surface area (Å²) < 4.78 is 16.0. The fourth-order valence-electron chi connectivity index (χ4n) is 2.57. The van der Waals surface area contributed by atoms with Crippen molar-refractivity contribution in [1.82, 2.24) is 0 Å². The number of fused-ring (bicyclic) bond motifs is 1. The van der Waals surface area contributed by atoms with Crippen LogP contribution in [0, 0.1) is 0 Å². The zero-order chi connectivity index (χ0) is 19.2. The number of nitrogens with zero attached hydrogens (tertiary/aromatic N) is 1. The van der Waals surface area contributed by atoms with E-state index in [0.29, 0.717) is 27.2 Å². The summed E-state index contributed by atoms with van der Waals surface area (Å²) in [5.74, 6) is 0.478. The number of ether oxygens (including phenoxy) is 3. The third-order valence-corrected chi connectivity index (χ3v) is 4.38. The molecule has 0 fully saturated rings. The monoisotopic (exact) mass is 409 g/mol. The lowest BCUT2D eigenvalue weighted by molar-refractivity contribution is -0.144. The van der Waals surface area contributed by atoms with Gasteiger partial charge >= 0.3 is 5.97 Å². The number of esters is 1. The van der Waals surface area contributed by atoms with Gasteiger partial charge in [0.15, 0.2) is 6.61 Å². The van der Waals surface area contributed by atoms with Gasteiger partial charge in [-0.25, -0.2) is 0 Å². The average Bonchev–Trinajstić information content (AvgIpc) is 2.66. The first-order chi connectivity index (χ1) is 13.0. The van der Waals surface area contributed by atoms with Crippen molar-refractivity contribution < 1.29 is 23.8 Å². The zero-order valence-electron chi connectivity index (χ0n) is 14.3. The number of anilines is 1. The van der Waals surface area contributed by atoms with Crippen molar-refractivity contribution in [2.24, 2.45) is 0 Å². The van der Waals surface area contributed by atoms with Gasteiger partial charge in [-0.15, -0.1) is 0 Å². The summed E-state index contributed by atoms with van der Waals surface area (Å²) in [6.45, 7) is 0.418. The highest BCUT2D eigenvalue weighted by Gasteiger charge is 2.25. The van der Waals surface area contributed by atoms with E-state index in [-0.39, 0.29) is 38.7 Å². The van der Waals surface area contributed by atoms with Crippen LogP contribution < -0.4 is 14.4 Å². The van der Waals surface area contributed by atoms with Gasteiger partial charge in [-0.3, -0.25) is 9.59 Å². The number of carbonyl (C=O) groups excluding carboxylic acids is 2. The number of amides is 1. The summed E-state index contributed by atoms with van der Waals surface area (Å²) in [6, 6.07) is 12.1. The molecular weight excluding hydrogens is 393 g/mol. The number of para-hydroxylation sites is 2. The van der Waals surface area contributed by atoms with Crippen molar-refractivity contribution in [1.29, 1.82) is 0 Å². The standard InChI is InChI=1S/C19H17Cl2NO5/c20-13-5-6-16(14(21)11-13)25-9-10-26-19(24)7-8-22-15-3-1-2-4-17(15)27-12-18(22)23/h1-6,11H,7-10,12H2. The Hall–Kier alpha value is -2.44. The number of rotatable bonds is 7. The van der Waals surface area contributed by atoms with E-state index in [1.165, 1.54) is 4.90 Å². The van der Waals surface area contributed by atoms with Gasteiger partial charge in [0.2, 0.25) is 0 Å². The molecule has 8 heteroatoms. The van der Waals surface area contributed by atoms with Crippen LogP contribution in [-0.4, -0.2) is 38.2 Å². The molecule has 0 saturated heterocycles. The molecule has 0 saturated carbocycles. The maximum absolute atomic E-state index is 12.0. The Kier molecular flexibility index (Phi) is 6.42. The fourth-order valence-corrected chi connectivity index (χ4v) is 3.04. The highest BCUT2D eigenvalue weighted by molar-refractivity contribution is 6.35. The summed E-state index contributed by atoms with van der Waals surface area (Å²) in [5.41, 5.74) is 0.655. The first-order valence-electron chi connectivity index (χ1n) is 8.30. The van der Waals surface area contributed by atoms with E-state index in [1.807, 2.05) is 12.1 Å². The maximum atomic E-state index is 12.0. The highest BCUT2D eigenvalue weighted by atomic mass is 35.5. The normalized spacial score (nSPS) is 13.0. The SMILES string of the molecule is O=C(CCN1C(=O)COc2ccccc21)OCCOc1ccc(Cl)cc1Cl. The third-order valence-electron chi connectivity index (χ3n) is 3.85. The minimum atomic E-state index is -0.419. The maximum Gasteiger partial charge on any atom is 0.307 e. The molecule has 0 spiro atoms. The first-order valence-corrected chi connectivity index (χ1v) is 9.06. The van der Waals surface area contributed by atoms with E-state index in [2.05, 4.69) is 0 Å². The lowest BCUT2D eigenvalue weighted by Crippen LogP contribution is -2.40. The van der Waals surface area contributed by atoms with Crippen LogP contribution in [0.3, 0.4) is 0 Å². The van der Waals surface area contributed by atoms with Crippen molar-refractivity contribution in [2.75, 3.05) is 31.3 Å². The van der Waals surface area contributed by atoms with Crippen molar-refractivity contribution in [3.8, 4) is 11.5 Å². The molecule has 0 bridgehead atoms. The van der Waals surface area contributed by atoms with E-state index in [0.717, 1.165) is 0 Å². The molecule has 0 unspecified atom stereocenters. The molecule has 0 aliphatic carbocycles. The molecule has 1 amide bonds. The highest BCUT2D eigenvalue weighted by Crippen LogP contribution is 2.31. The molecule has 142 valence electrons. The fraction of sp³-hybridized carbons (Fsp3) is 0.263. The van der Waals surface area contributed by atoms with Gasteiger partial charge in [0.1, 0.15) is 24.7 Å². The minimum Gasteiger partial charge on any atom is -0.488 e. The molecule has 27 heavy (non-hydrogen) atoms. The molecule has 1 aliphatic heterocycles. The van der Waals surface area contributed by atoms with Gasteiger partial charge in [0, 0.05) is 11.6 Å². The second-order valence-corrected chi connectivity index (χ2v) is 6.54. The summed E-state index contributed by atoms with van der Waals surface area (Å²) >= 11 is 11.8. The van der Waals surface area contributed by atoms with Gasteiger partial charge in [0.25, 0.3) is 5.91 Å². The van der Waals surface area contributed by atoms with Crippen LogP contribution in [0.2, 0.25) is 10.0 Å². The largest absolute Gasteiger partial charge is 0.488 e. The Labute approximate surface area is 166 Å². The Morgan fingerprint density at radius 2 is 1.96 bits per heavy atom. The molecule has 0 N–H and O–H groups in total. The molecule has 2 aromatic carbocycles. The van der Waals surface area contributed by atoms with Crippen LogP contribution in [0.1, 0.15) is 6.42 Å². The molecule has 0 atom stereocenters. The van der Waals surface area contributed by atoms with Gasteiger partial charge in [-0.05, 0) is 30.3 Å². The molecular formula is C19H17Cl2NO5. The van der Waals surface area contributed by atoms with E-state index < -0.39 is 5.97 Å². The molecule has 2 aromatic rings. The lowest BCUT2D eigenvalue weighted by atomic mass is 10.2. The second-order valence-electron chi connectivity index (χ2n) is 5.70. The summed E-state index contributed by atoms with van der Waals surface area (Å²) in [7, 11) is 0. The number of hydrogen-bond acceptors (Lipinski definition) is 5. The van der Waals surface area contributed by atoms with Gasteiger partial charge in [0.05, 0.1) is 17.1 Å². The molecule has 0 aromatic heterocycles. The quantitative estimate of drug-likeness (QED) is 0.514. The Morgan fingerprint density at radius 3 is 2.78 bits per heavy atom. The third kappa shape index (κ3) is 5.05. The zero-order valence-corrected chi connectivity index (χ0v) is 15.8. The van der Waals surface area contributed by atoms with Gasteiger partial charge in [-0.1, -0.05) is 35.3 Å². The van der Waals surface area contributed by atoms with Crippen LogP contribution in [0.15, 0.2) is 42.5 Å². The van der Waals surface area contributed by atoms with Crippen LogP contribution in [0.5, 0.6) is 11.5 Å². The van der Waals surface area contributed by atoms with E-state index in [9.17, 15) is 9.59 Å². The molecule has 0 radical (unpaired) electrons. The number of benzene rings is 2. The summed E-state index contributed by atoms with van der Waals surface area (Å²) in [6.07, 6.45) is 0.0712. The second kappa shape index (κ2) is 8.97. The van der Waals surface area contributed by atoms with Crippen LogP contribution >= 0.6 is 23.2 Å². The van der Waals surface area contributed by atoms with E-state index in [1.54, 1.807) is 30.3 Å². The van der Waals surface area contributed by atoms with Crippen molar-refractivity contribution >= 4 is 40.8 Å². The number of halogens is 2. The topological polar surface area (TPSA) is 65.1 Å². The van der Waals surface area contributed by atoms with Crippen molar-refractivity contribution in [2.45, 2.75) is 6.42 Å². The van der Waals surface area contributed by atoms with Crippen LogP contribution in [-0.2, 0) is 14.3 Å². The minimum absolute atomic E-state index is 0.0399. The average molecular weight is 410 g/mol. The van der Waals surface area contributed by atoms with E-state index in [4.69, 9.17) is 37.4 Å². The predicted octanol–water partition coefficient (Wildman–Crippen LogP) is 3.73. The number of hydrogen-bond donors (Lipinski definition) is 0. The molecule has 1 heterocycles. The van der Waals surface area contributed by atoms with E-state index >= 15 is 0 Å². The van der Waals surface area contributed by atoms with Crippen molar-refractivity contribution in [3.05, 3.63) is 52.5 Å². The van der Waals surface area contributed by atoms with Gasteiger partial charge < -0.3 is 19.1 Å². The van der Waals surface area contributed by atoms with Crippen LogP contribution in [0.25, 0.3) is 0 Å². The molecule has 1 aliphatic rings. The van der Waals surface area contributed by atoms with Crippen molar-refractivity contribution in [3.63, 3.8) is 0 Å². The Bertz CT molecular complexity index is 843. The van der Waals surface area contributed by atoms with Crippen LogP contribution in [0.4, 0.5) is 5.69 Å². The summed E-state index contributed by atoms with van der Waals surface area (Å²) in [4.78, 5) is 25.5. The number of carbonyl (C=O) groups is 2. The van der Waals surface area contributed by atoms with Gasteiger partial charge in [-0.2, -0.15) is 0 Å². The Balaban J connectivity index is 1.43.